The number of benzene rings is 1. The highest BCUT2D eigenvalue weighted by molar-refractivity contribution is 5.80. The van der Waals surface area contributed by atoms with Gasteiger partial charge < -0.3 is 10.1 Å². The van der Waals surface area contributed by atoms with Crippen LogP contribution in [0.4, 0.5) is 0 Å². The molecular weight excluding hydrogens is 254 g/mol. The summed E-state index contributed by atoms with van der Waals surface area (Å²) in [6.07, 6.45) is 4.58. The van der Waals surface area contributed by atoms with Crippen molar-refractivity contribution in [2.75, 3.05) is 0 Å². The Morgan fingerprint density at radius 2 is 1.90 bits per heavy atom. The number of nitrogens with one attached hydrogen (secondary N) is 1. The zero-order valence-corrected chi connectivity index (χ0v) is 10.4. The number of aliphatic hydroxyl groups is 1. The standard InChI is InChI=1S/C15H11N3O2/c19-13(10-5-7-16-8-6-10)9-14-17-12-4-2-1-3-11(12)15(20)18-14/h1-9,19H,(H,17,18,20)/b13-9-. The van der Waals surface area contributed by atoms with Crippen molar-refractivity contribution in [3.63, 3.8) is 0 Å². The summed E-state index contributed by atoms with van der Waals surface area (Å²) in [6.45, 7) is 0. The predicted molar refractivity (Wildman–Crippen MR) is 77.1 cm³/mol. The Morgan fingerprint density at radius 1 is 1.15 bits per heavy atom. The SMILES string of the molecule is O=c1[nH]c(/C=C(\O)c2ccncc2)nc2ccccc12. The summed E-state index contributed by atoms with van der Waals surface area (Å²) in [5.41, 5.74) is 0.963. The van der Waals surface area contributed by atoms with Crippen LogP contribution in [-0.4, -0.2) is 20.1 Å². The summed E-state index contributed by atoms with van der Waals surface area (Å²) in [5.74, 6) is 0.328. The highest BCUT2D eigenvalue weighted by Gasteiger charge is 2.03. The molecular formula is C15H11N3O2. The van der Waals surface area contributed by atoms with E-state index in [2.05, 4.69) is 15.0 Å². The lowest BCUT2D eigenvalue weighted by atomic mass is 10.2. The van der Waals surface area contributed by atoms with E-state index in [-0.39, 0.29) is 11.3 Å². The van der Waals surface area contributed by atoms with Crippen molar-refractivity contribution in [1.82, 2.24) is 15.0 Å². The quantitative estimate of drug-likeness (QED) is 0.697. The van der Waals surface area contributed by atoms with Crippen LogP contribution in [0.15, 0.2) is 53.6 Å². The van der Waals surface area contributed by atoms with Gasteiger partial charge in [0, 0.05) is 24.0 Å². The molecule has 0 atom stereocenters. The van der Waals surface area contributed by atoms with Crippen molar-refractivity contribution < 1.29 is 5.11 Å². The van der Waals surface area contributed by atoms with Crippen LogP contribution in [0.5, 0.6) is 0 Å². The van der Waals surface area contributed by atoms with E-state index in [0.29, 0.717) is 22.3 Å². The first-order valence-electron chi connectivity index (χ1n) is 6.04. The fourth-order valence-corrected chi connectivity index (χ4v) is 1.91. The molecule has 2 heterocycles. The van der Waals surface area contributed by atoms with Crippen LogP contribution < -0.4 is 5.56 Å². The summed E-state index contributed by atoms with van der Waals surface area (Å²) >= 11 is 0. The average molecular weight is 265 g/mol. The normalized spacial score (nSPS) is 11.7. The molecule has 0 aliphatic carbocycles. The lowest BCUT2D eigenvalue weighted by Crippen LogP contribution is -2.09. The minimum Gasteiger partial charge on any atom is -0.507 e. The number of aromatic nitrogens is 3. The number of fused-ring (bicyclic) bond motifs is 1. The summed E-state index contributed by atoms with van der Waals surface area (Å²) < 4.78 is 0. The van der Waals surface area contributed by atoms with Gasteiger partial charge in [-0.05, 0) is 24.3 Å². The van der Waals surface area contributed by atoms with Gasteiger partial charge in [0.15, 0.2) is 0 Å². The average Bonchev–Trinajstić information content (AvgIpc) is 2.48. The van der Waals surface area contributed by atoms with E-state index >= 15 is 0 Å². The van der Waals surface area contributed by atoms with Gasteiger partial charge in [-0.25, -0.2) is 4.98 Å². The first-order valence-corrected chi connectivity index (χ1v) is 6.04. The smallest absolute Gasteiger partial charge is 0.259 e. The molecule has 0 aliphatic heterocycles. The van der Waals surface area contributed by atoms with Crippen LogP contribution in [0.1, 0.15) is 11.4 Å². The molecule has 0 saturated carbocycles. The number of aliphatic hydroxyl groups excluding tert-OH is 1. The second-order valence-corrected chi connectivity index (χ2v) is 4.23. The Balaban J connectivity index is 2.09. The molecule has 20 heavy (non-hydrogen) atoms. The molecule has 0 radical (unpaired) electrons. The molecule has 1 aromatic carbocycles. The Labute approximate surface area is 114 Å². The number of para-hydroxylation sites is 1. The molecule has 0 amide bonds. The maximum Gasteiger partial charge on any atom is 0.259 e. The molecule has 0 spiro atoms. The molecule has 5 heteroatoms. The lowest BCUT2D eigenvalue weighted by molar-refractivity contribution is 0.515. The summed E-state index contributed by atoms with van der Waals surface area (Å²) in [7, 11) is 0. The van der Waals surface area contributed by atoms with Gasteiger partial charge in [0.2, 0.25) is 0 Å². The third-order valence-electron chi connectivity index (χ3n) is 2.88. The molecule has 0 aliphatic rings. The van der Waals surface area contributed by atoms with Crippen LogP contribution in [0, 0.1) is 0 Å². The number of aromatic amines is 1. The van der Waals surface area contributed by atoms with E-state index in [1.807, 2.05) is 6.07 Å². The fourth-order valence-electron chi connectivity index (χ4n) is 1.91. The number of H-pyrrole nitrogens is 1. The van der Waals surface area contributed by atoms with Gasteiger partial charge in [0.05, 0.1) is 10.9 Å². The molecule has 0 saturated heterocycles. The van der Waals surface area contributed by atoms with E-state index in [0.717, 1.165) is 0 Å². The van der Waals surface area contributed by atoms with Crippen molar-refractivity contribution in [3.05, 3.63) is 70.5 Å². The second-order valence-electron chi connectivity index (χ2n) is 4.23. The van der Waals surface area contributed by atoms with Crippen LogP contribution in [-0.2, 0) is 0 Å². The zero-order valence-electron chi connectivity index (χ0n) is 10.4. The van der Waals surface area contributed by atoms with Crippen molar-refractivity contribution in [2.45, 2.75) is 0 Å². The Kier molecular flexibility index (Phi) is 3.01. The topological polar surface area (TPSA) is 78.9 Å². The van der Waals surface area contributed by atoms with E-state index in [4.69, 9.17) is 0 Å². The summed E-state index contributed by atoms with van der Waals surface area (Å²) in [4.78, 5) is 22.7. The van der Waals surface area contributed by atoms with Gasteiger partial charge in [-0.2, -0.15) is 0 Å². The van der Waals surface area contributed by atoms with Gasteiger partial charge in [0.25, 0.3) is 5.56 Å². The maximum atomic E-state index is 11.9. The predicted octanol–water partition coefficient (Wildman–Crippen LogP) is 2.37. The van der Waals surface area contributed by atoms with E-state index in [1.54, 1.807) is 42.7 Å². The monoisotopic (exact) mass is 265 g/mol. The van der Waals surface area contributed by atoms with Crippen LogP contribution in [0.3, 0.4) is 0 Å². The molecule has 3 aromatic rings. The molecule has 0 bridgehead atoms. The van der Waals surface area contributed by atoms with Crippen molar-refractivity contribution in [3.8, 4) is 0 Å². The fraction of sp³-hybridized carbons (Fsp3) is 0. The van der Waals surface area contributed by atoms with Gasteiger partial charge in [-0.15, -0.1) is 0 Å². The van der Waals surface area contributed by atoms with E-state index in [1.165, 1.54) is 6.08 Å². The molecule has 2 aromatic heterocycles. The number of pyridine rings is 1. The van der Waals surface area contributed by atoms with Gasteiger partial charge >= 0.3 is 0 Å². The molecule has 98 valence electrons. The zero-order chi connectivity index (χ0) is 13.9. The second kappa shape index (κ2) is 4.97. The maximum absolute atomic E-state index is 11.9. The third-order valence-corrected chi connectivity index (χ3v) is 2.88. The molecule has 0 unspecified atom stereocenters. The van der Waals surface area contributed by atoms with Crippen LogP contribution in [0.25, 0.3) is 22.7 Å². The first kappa shape index (κ1) is 12.1. The number of rotatable bonds is 2. The van der Waals surface area contributed by atoms with Crippen molar-refractivity contribution in [1.29, 1.82) is 0 Å². The Morgan fingerprint density at radius 3 is 2.70 bits per heavy atom. The van der Waals surface area contributed by atoms with Gasteiger partial charge in [0.1, 0.15) is 11.6 Å². The van der Waals surface area contributed by atoms with Crippen LogP contribution in [0.2, 0.25) is 0 Å². The first-order chi connectivity index (χ1) is 9.74. The minimum atomic E-state index is -0.232. The largest absolute Gasteiger partial charge is 0.507 e. The lowest BCUT2D eigenvalue weighted by Gasteiger charge is -2.01. The number of hydrogen-bond acceptors (Lipinski definition) is 4. The molecule has 5 nitrogen and oxygen atoms in total. The number of hydrogen-bond donors (Lipinski definition) is 2. The highest BCUT2D eigenvalue weighted by atomic mass is 16.3. The summed E-state index contributed by atoms with van der Waals surface area (Å²) in [6, 6.07) is 10.4. The third kappa shape index (κ3) is 2.29. The summed E-state index contributed by atoms with van der Waals surface area (Å²) in [5, 5.41) is 10.5. The molecule has 3 rings (SSSR count). The van der Waals surface area contributed by atoms with E-state index in [9.17, 15) is 9.90 Å². The molecule has 2 N–H and O–H groups in total. The Bertz CT molecular complexity index is 838. The van der Waals surface area contributed by atoms with E-state index < -0.39 is 0 Å². The molecule has 0 fully saturated rings. The van der Waals surface area contributed by atoms with Crippen molar-refractivity contribution >= 4 is 22.7 Å². The number of nitrogens with zero attached hydrogens (tertiary/aromatic N) is 2. The van der Waals surface area contributed by atoms with Crippen LogP contribution >= 0.6 is 0 Å². The van der Waals surface area contributed by atoms with Gasteiger partial charge in [-0.1, -0.05) is 12.1 Å². The Hall–Kier alpha value is -2.95. The van der Waals surface area contributed by atoms with Gasteiger partial charge in [-0.3, -0.25) is 9.78 Å². The highest BCUT2D eigenvalue weighted by Crippen LogP contribution is 2.13. The minimum absolute atomic E-state index is 0.0193. The van der Waals surface area contributed by atoms with Crippen molar-refractivity contribution in [2.24, 2.45) is 0 Å².